The number of thiophene rings is 1. The van der Waals surface area contributed by atoms with Crippen LogP contribution in [0.4, 0.5) is 0 Å². The molecule has 1 aliphatic rings. The topological polar surface area (TPSA) is 26.0 Å². The highest BCUT2D eigenvalue weighted by Crippen LogP contribution is 2.36. The third kappa shape index (κ3) is 2.47. The zero-order valence-corrected chi connectivity index (χ0v) is 8.53. The van der Waals surface area contributed by atoms with Crippen molar-refractivity contribution in [3.05, 3.63) is 22.4 Å². The molecule has 0 saturated heterocycles. The van der Waals surface area contributed by atoms with Gasteiger partial charge in [-0.2, -0.15) is 11.3 Å². The number of nitrogens with two attached hydrogens (primary N) is 1. The number of rotatable bonds is 3. The lowest BCUT2D eigenvalue weighted by Crippen LogP contribution is -2.09. The van der Waals surface area contributed by atoms with Crippen molar-refractivity contribution in [2.45, 2.75) is 25.3 Å². The molecule has 0 unspecified atom stereocenters. The van der Waals surface area contributed by atoms with E-state index in [1.165, 1.54) is 24.8 Å². The van der Waals surface area contributed by atoms with Gasteiger partial charge < -0.3 is 5.73 Å². The van der Waals surface area contributed by atoms with Crippen molar-refractivity contribution >= 4 is 23.7 Å². The number of hydrogen-bond acceptors (Lipinski definition) is 2. The van der Waals surface area contributed by atoms with Crippen LogP contribution in [0.2, 0.25) is 0 Å². The average Bonchev–Trinajstić information content (AvgIpc) is 2.67. The first-order chi connectivity index (χ1) is 5.36. The van der Waals surface area contributed by atoms with Crippen LogP contribution < -0.4 is 5.73 Å². The summed E-state index contributed by atoms with van der Waals surface area (Å²) < 4.78 is 0. The minimum Gasteiger partial charge on any atom is -0.324 e. The summed E-state index contributed by atoms with van der Waals surface area (Å²) in [6, 6.07) is 2.44. The van der Waals surface area contributed by atoms with E-state index in [1.807, 2.05) is 0 Å². The molecule has 68 valence electrons. The van der Waals surface area contributed by atoms with Crippen LogP contribution in [0.25, 0.3) is 0 Å². The van der Waals surface area contributed by atoms with E-state index < -0.39 is 0 Å². The second-order valence-electron chi connectivity index (χ2n) is 3.34. The van der Waals surface area contributed by atoms with E-state index >= 15 is 0 Å². The minimum absolute atomic E-state index is 0. The highest BCUT2D eigenvalue weighted by Gasteiger charge is 2.24. The standard InChI is InChI=1S/C9H13NS.ClH/c10-9(5-7-1-2-7)8-3-4-11-6-8;/h3-4,6-7,9H,1-2,5,10H2;1H/t9-;/m1./s1. The lowest BCUT2D eigenvalue weighted by atomic mass is 10.1. The van der Waals surface area contributed by atoms with Crippen molar-refractivity contribution in [3.63, 3.8) is 0 Å². The van der Waals surface area contributed by atoms with Gasteiger partial charge in [-0.25, -0.2) is 0 Å². The largest absolute Gasteiger partial charge is 0.324 e. The van der Waals surface area contributed by atoms with Crippen LogP contribution in [-0.2, 0) is 0 Å². The molecule has 1 heterocycles. The van der Waals surface area contributed by atoms with E-state index in [0.29, 0.717) is 6.04 Å². The van der Waals surface area contributed by atoms with Gasteiger partial charge in [-0.3, -0.25) is 0 Å². The Bertz CT molecular complexity index is 218. The molecule has 2 rings (SSSR count). The molecule has 1 aromatic heterocycles. The fraction of sp³-hybridized carbons (Fsp3) is 0.556. The maximum Gasteiger partial charge on any atom is 0.0305 e. The highest BCUT2D eigenvalue weighted by atomic mass is 35.5. The lowest BCUT2D eigenvalue weighted by Gasteiger charge is -2.07. The van der Waals surface area contributed by atoms with Crippen LogP contribution in [0.3, 0.4) is 0 Å². The number of halogens is 1. The highest BCUT2D eigenvalue weighted by molar-refractivity contribution is 7.07. The molecule has 1 saturated carbocycles. The molecule has 1 aromatic rings. The summed E-state index contributed by atoms with van der Waals surface area (Å²) in [7, 11) is 0. The smallest absolute Gasteiger partial charge is 0.0305 e. The summed E-state index contributed by atoms with van der Waals surface area (Å²) in [6.45, 7) is 0. The normalized spacial score (nSPS) is 18.4. The fourth-order valence-corrected chi connectivity index (χ4v) is 2.06. The molecule has 0 aliphatic heterocycles. The quantitative estimate of drug-likeness (QED) is 0.803. The summed E-state index contributed by atoms with van der Waals surface area (Å²) in [5.74, 6) is 0.935. The molecular weight excluding hydrogens is 190 g/mol. The monoisotopic (exact) mass is 203 g/mol. The van der Waals surface area contributed by atoms with Gasteiger partial charge in [0.05, 0.1) is 0 Å². The maximum absolute atomic E-state index is 5.99. The first-order valence-corrected chi connectivity index (χ1v) is 5.08. The Morgan fingerprint density at radius 1 is 1.58 bits per heavy atom. The summed E-state index contributed by atoms with van der Waals surface area (Å²) in [4.78, 5) is 0. The van der Waals surface area contributed by atoms with Crippen molar-refractivity contribution < 1.29 is 0 Å². The Morgan fingerprint density at radius 2 is 2.33 bits per heavy atom. The molecule has 3 heteroatoms. The second kappa shape index (κ2) is 4.26. The van der Waals surface area contributed by atoms with Gasteiger partial charge in [0.2, 0.25) is 0 Å². The van der Waals surface area contributed by atoms with Crippen molar-refractivity contribution in [1.29, 1.82) is 0 Å². The van der Waals surface area contributed by atoms with Crippen LogP contribution in [0.1, 0.15) is 30.9 Å². The third-order valence-corrected chi connectivity index (χ3v) is 2.96. The SMILES string of the molecule is Cl.N[C@H](CC1CC1)c1ccsc1. The van der Waals surface area contributed by atoms with E-state index in [0.717, 1.165) is 5.92 Å². The third-order valence-electron chi connectivity index (χ3n) is 2.26. The van der Waals surface area contributed by atoms with E-state index in [9.17, 15) is 0 Å². The first kappa shape index (κ1) is 10.0. The van der Waals surface area contributed by atoms with Crippen LogP contribution in [0, 0.1) is 5.92 Å². The summed E-state index contributed by atoms with van der Waals surface area (Å²) in [6.07, 6.45) is 3.99. The van der Waals surface area contributed by atoms with Crippen molar-refractivity contribution in [1.82, 2.24) is 0 Å². The van der Waals surface area contributed by atoms with Gasteiger partial charge in [-0.1, -0.05) is 12.8 Å². The Morgan fingerprint density at radius 3 is 2.83 bits per heavy atom. The molecule has 1 nitrogen and oxygen atoms in total. The fourth-order valence-electron chi connectivity index (χ4n) is 1.33. The van der Waals surface area contributed by atoms with Crippen LogP contribution in [-0.4, -0.2) is 0 Å². The molecule has 1 fully saturated rings. The molecule has 0 bridgehead atoms. The lowest BCUT2D eigenvalue weighted by molar-refractivity contribution is 0.598. The molecule has 0 spiro atoms. The van der Waals surface area contributed by atoms with Gasteiger partial charge in [0, 0.05) is 6.04 Å². The Labute approximate surface area is 83.4 Å². The Balaban J connectivity index is 0.000000720. The molecule has 0 aromatic carbocycles. The summed E-state index contributed by atoms with van der Waals surface area (Å²) >= 11 is 1.74. The van der Waals surface area contributed by atoms with Gasteiger partial charge in [0.1, 0.15) is 0 Å². The predicted octanol–water partition coefficient (Wildman–Crippen LogP) is 2.97. The molecule has 0 radical (unpaired) electrons. The van der Waals surface area contributed by atoms with Gasteiger partial charge in [-0.15, -0.1) is 12.4 Å². The average molecular weight is 204 g/mol. The number of hydrogen-bond donors (Lipinski definition) is 1. The first-order valence-electron chi connectivity index (χ1n) is 4.14. The van der Waals surface area contributed by atoms with Crippen molar-refractivity contribution in [2.24, 2.45) is 11.7 Å². The minimum atomic E-state index is 0. The summed E-state index contributed by atoms with van der Waals surface area (Å²) in [5, 5.41) is 4.26. The van der Waals surface area contributed by atoms with Gasteiger partial charge in [-0.05, 0) is 34.7 Å². The van der Waals surface area contributed by atoms with Gasteiger partial charge in [0.15, 0.2) is 0 Å². The molecule has 1 aliphatic carbocycles. The predicted molar refractivity (Wildman–Crippen MR) is 55.8 cm³/mol. The Kier molecular flexibility index (Phi) is 3.56. The zero-order valence-electron chi connectivity index (χ0n) is 6.90. The second-order valence-corrected chi connectivity index (χ2v) is 4.12. The molecule has 0 amide bonds. The molecular formula is C9H14ClNS. The molecule has 12 heavy (non-hydrogen) atoms. The van der Waals surface area contributed by atoms with Crippen molar-refractivity contribution in [3.8, 4) is 0 Å². The van der Waals surface area contributed by atoms with Crippen LogP contribution in [0.5, 0.6) is 0 Å². The molecule has 1 atom stereocenters. The van der Waals surface area contributed by atoms with Crippen LogP contribution in [0.15, 0.2) is 16.8 Å². The van der Waals surface area contributed by atoms with Crippen molar-refractivity contribution in [2.75, 3.05) is 0 Å². The maximum atomic E-state index is 5.99. The zero-order chi connectivity index (χ0) is 7.68. The van der Waals surface area contributed by atoms with Gasteiger partial charge >= 0.3 is 0 Å². The van der Waals surface area contributed by atoms with Gasteiger partial charge in [0.25, 0.3) is 0 Å². The Hall–Kier alpha value is -0.0500. The summed E-state index contributed by atoms with van der Waals surface area (Å²) in [5.41, 5.74) is 7.31. The van der Waals surface area contributed by atoms with E-state index in [-0.39, 0.29) is 12.4 Å². The van der Waals surface area contributed by atoms with E-state index in [4.69, 9.17) is 5.73 Å². The van der Waals surface area contributed by atoms with E-state index in [1.54, 1.807) is 11.3 Å². The van der Waals surface area contributed by atoms with E-state index in [2.05, 4.69) is 16.8 Å². The molecule has 2 N–H and O–H groups in total. The van der Waals surface area contributed by atoms with Crippen LogP contribution >= 0.6 is 23.7 Å².